The van der Waals surface area contributed by atoms with Gasteiger partial charge in [-0.2, -0.15) is 0 Å². The standard InChI is InChI=1S/C20H16O5/c1-2-3-14-24-17-11-7-16(8-12-17)20(23)25-18-9-4-15(5-10-18)6-13-19(21)22/h4-13H,14H2,1H3,(H,21,22)/b13-6+. The lowest BCUT2D eigenvalue weighted by Gasteiger charge is -2.06. The van der Waals surface area contributed by atoms with E-state index in [9.17, 15) is 9.59 Å². The minimum atomic E-state index is -1.02. The third-order valence-corrected chi connectivity index (χ3v) is 3.09. The molecule has 0 heterocycles. The Hall–Kier alpha value is -3.52. The van der Waals surface area contributed by atoms with E-state index in [1.807, 2.05) is 0 Å². The van der Waals surface area contributed by atoms with E-state index in [1.165, 1.54) is 6.08 Å². The van der Waals surface area contributed by atoms with Crippen molar-refractivity contribution in [3.05, 3.63) is 65.7 Å². The van der Waals surface area contributed by atoms with Crippen LogP contribution in [0.25, 0.3) is 6.08 Å². The minimum absolute atomic E-state index is 0.295. The van der Waals surface area contributed by atoms with E-state index in [0.717, 1.165) is 6.08 Å². The first-order valence-electron chi connectivity index (χ1n) is 7.44. The second-order valence-electron chi connectivity index (χ2n) is 4.87. The molecule has 0 bridgehead atoms. The van der Waals surface area contributed by atoms with Gasteiger partial charge in [0, 0.05) is 6.08 Å². The molecular formula is C20H16O5. The number of carbonyl (C=O) groups excluding carboxylic acids is 1. The molecule has 0 saturated heterocycles. The summed E-state index contributed by atoms with van der Waals surface area (Å²) in [5.41, 5.74) is 1.09. The summed E-state index contributed by atoms with van der Waals surface area (Å²) in [6.07, 6.45) is 2.49. The molecule has 0 atom stereocenters. The van der Waals surface area contributed by atoms with Gasteiger partial charge in [-0.3, -0.25) is 0 Å². The number of hydrogen-bond acceptors (Lipinski definition) is 4. The van der Waals surface area contributed by atoms with E-state index in [0.29, 0.717) is 29.2 Å². The highest BCUT2D eigenvalue weighted by Gasteiger charge is 2.08. The summed E-state index contributed by atoms with van der Waals surface area (Å²) in [5.74, 6) is 4.99. The molecule has 0 fully saturated rings. The van der Waals surface area contributed by atoms with Gasteiger partial charge in [0.1, 0.15) is 18.1 Å². The van der Waals surface area contributed by atoms with Crippen LogP contribution in [0.2, 0.25) is 0 Å². The molecule has 2 aromatic carbocycles. The maximum Gasteiger partial charge on any atom is 0.343 e. The first-order valence-corrected chi connectivity index (χ1v) is 7.44. The summed E-state index contributed by atoms with van der Waals surface area (Å²) in [4.78, 5) is 22.6. The Morgan fingerprint density at radius 3 is 2.28 bits per heavy atom. The van der Waals surface area contributed by atoms with Crippen LogP contribution in [0.15, 0.2) is 54.6 Å². The molecule has 1 N–H and O–H groups in total. The summed E-state index contributed by atoms with van der Waals surface area (Å²) in [5, 5.41) is 8.58. The second-order valence-corrected chi connectivity index (χ2v) is 4.87. The Bertz CT molecular complexity index is 821. The quantitative estimate of drug-likeness (QED) is 0.379. The van der Waals surface area contributed by atoms with E-state index in [-0.39, 0.29) is 0 Å². The number of hydrogen-bond donors (Lipinski definition) is 1. The third-order valence-electron chi connectivity index (χ3n) is 3.09. The zero-order valence-corrected chi connectivity index (χ0v) is 13.6. The summed E-state index contributed by atoms with van der Waals surface area (Å²) in [7, 11) is 0. The molecule has 0 unspecified atom stereocenters. The smallest absolute Gasteiger partial charge is 0.343 e. The van der Waals surface area contributed by atoms with Gasteiger partial charge >= 0.3 is 11.9 Å². The van der Waals surface area contributed by atoms with Crippen molar-refractivity contribution >= 4 is 18.0 Å². The molecule has 0 spiro atoms. The van der Waals surface area contributed by atoms with Crippen LogP contribution in [0.1, 0.15) is 22.8 Å². The summed E-state index contributed by atoms with van der Waals surface area (Å²) in [6.45, 7) is 2.03. The van der Waals surface area contributed by atoms with Crippen molar-refractivity contribution in [1.29, 1.82) is 0 Å². The molecule has 0 amide bonds. The molecule has 0 aliphatic rings. The van der Waals surface area contributed by atoms with E-state index < -0.39 is 11.9 Å². The molecule has 0 aromatic heterocycles. The van der Waals surface area contributed by atoms with Crippen LogP contribution in [-0.4, -0.2) is 23.7 Å². The topological polar surface area (TPSA) is 72.8 Å². The van der Waals surface area contributed by atoms with Gasteiger partial charge in [0.15, 0.2) is 0 Å². The minimum Gasteiger partial charge on any atom is -0.481 e. The van der Waals surface area contributed by atoms with Gasteiger partial charge in [-0.1, -0.05) is 18.1 Å². The number of ether oxygens (including phenoxy) is 2. The van der Waals surface area contributed by atoms with Crippen LogP contribution in [0.5, 0.6) is 11.5 Å². The third kappa shape index (κ3) is 5.88. The van der Waals surface area contributed by atoms with Crippen molar-refractivity contribution in [1.82, 2.24) is 0 Å². The van der Waals surface area contributed by atoms with Crippen molar-refractivity contribution < 1.29 is 24.2 Å². The molecular weight excluding hydrogens is 320 g/mol. The van der Waals surface area contributed by atoms with E-state index in [1.54, 1.807) is 55.5 Å². The Morgan fingerprint density at radius 2 is 1.68 bits per heavy atom. The highest BCUT2D eigenvalue weighted by molar-refractivity contribution is 5.91. The summed E-state index contributed by atoms with van der Waals surface area (Å²) >= 11 is 0. The van der Waals surface area contributed by atoms with Gasteiger partial charge in [-0.05, 0) is 55.0 Å². The van der Waals surface area contributed by atoms with Crippen LogP contribution in [-0.2, 0) is 4.79 Å². The molecule has 126 valence electrons. The van der Waals surface area contributed by atoms with Crippen LogP contribution in [0, 0.1) is 11.8 Å². The maximum absolute atomic E-state index is 12.1. The Kier molecular flexibility index (Phi) is 6.38. The van der Waals surface area contributed by atoms with E-state index >= 15 is 0 Å². The van der Waals surface area contributed by atoms with Crippen molar-refractivity contribution in [2.24, 2.45) is 0 Å². The first kappa shape index (κ1) is 17.8. The largest absolute Gasteiger partial charge is 0.481 e. The molecule has 5 nitrogen and oxygen atoms in total. The number of carboxylic acids is 1. The van der Waals surface area contributed by atoms with Gasteiger partial charge in [-0.25, -0.2) is 9.59 Å². The molecule has 0 aliphatic heterocycles. The lowest BCUT2D eigenvalue weighted by atomic mass is 10.2. The van der Waals surface area contributed by atoms with Crippen molar-refractivity contribution in [2.75, 3.05) is 6.61 Å². The highest BCUT2D eigenvalue weighted by Crippen LogP contribution is 2.17. The van der Waals surface area contributed by atoms with Crippen LogP contribution in [0.4, 0.5) is 0 Å². The fourth-order valence-corrected chi connectivity index (χ4v) is 1.86. The van der Waals surface area contributed by atoms with Crippen molar-refractivity contribution in [2.45, 2.75) is 6.92 Å². The monoisotopic (exact) mass is 336 g/mol. The lowest BCUT2D eigenvalue weighted by molar-refractivity contribution is -0.131. The fourth-order valence-electron chi connectivity index (χ4n) is 1.86. The van der Waals surface area contributed by atoms with E-state index in [2.05, 4.69) is 11.8 Å². The van der Waals surface area contributed by atoms with Crippen LogP contribution in [0.3, 0.4) is 0 Å². The normalized spacial score (nSPS) is 9.96. The molecule has 5 heteroatoms. The van der Waals surface area contributed by atoms with Gasteiger partial charge in [0.2, 0.25) is 0 Å². The fraction of sp³-hybridized carbons (Fsp3) is 0.100. The average Bonchev–Trinajstić information content (AvgIpc) is 2.62. The van der Waals surface area contributed by atoms with Gasteiger partial charge in [0.05, 0.1) is 5.56 Å². The van der Waals surface area contributed by atoms with Crippen molar-refractivity contribution in [3.63, 3.8) is 0 Å². The Labute approximate surface area is 145 Å². The number of carbonyl (C=O) groups is 2. The SMILES string of the molecule is CC#CCOc1ccc(C(=O)Oc2ccc(/C=C/C(=O)O)cc2)cc1. The van der Waals surface area contributed by atoms with Gasteiger partial charge < -0.3 is 14.6 Å². The predicted molar refractivity (Wildman–Crippen MR) is 93.5 cm³/mol. The maximum atomic E-state index is 12.1. The number of carboxylic acid groups (broad SMARTS) is 1. The molecule has 0 radical (unpaired) electrons. The molecule has 2 aromatic rings. The van der Waals surface area contributed by atoms with Crippen molar-refractivity contribution in [3.8, 4) is 23.3 Å². The number of esters is 1. The highest BCUT2D eigenvalue weighted by atomic mass is 16.5. The number of rotatable bonds is 6. The molecule has 25 heavy (non-hydrogen) atoms. The molecule has 0 saturated carbocycles. The zero-order chi connectivity index (χ0) is 18.1. The molecule has 2 rings (SSSR count). The predicted octanol–water partition coefficient (Wildman–Crippen LogP) is 3.41. The lowest BCUT2D eigenvalue weighted by Crippen LogP contribution is -2.08. The average molecular weight is 336 g/mol. The zero-order valence-electron chi connectivity index (χ0n) is 13.6. The number of aliphatic carboxylic acids is 1. The summed E-state index contributed by atoms with van der Waals surface area (Å²) < 4.78 is 10.7. The summed E-state index contributed by atoms with van der Waals surface area (Å²) in [6, 6.07) is 13.1. The van der Waals surface area contributed by atoms with Crippen LogP contribution >= 0.6 is 0 Å². The molecule has 0 aliphatic carbocycles. The van der Waals surface area contributed by atoms with Gasteiger partial charge in [0.25, 0.3) is 0 Å². The Morgan fingerprint density at radius 1 is 1.04 bits per heavy atom. The second kappa shape index (κ2) is 8.94. The first-order chi connectivity index (χ1) is 12.1. The number of benzene rings is 2. The van der Waals surface area contributed by atoms with Gasteiger partial charge in [-0.15, -0.1) is 5.92 Å². The Balaban J connectivity index is 1.96. The van der Waals surface area contributed by atoms with Crippen LogP contribution < -0.4 is 9.47 Å². The van der Waals surface area contributed by atoms with E-state index in [4.69, 9.17) is 14.6 Å².